The van der Waals surface area contributed by atoms with Crippen LogP contribution < -0.4 is 16.1 Å². The van der Waals surface area contributed by atoms with Crippen molar-refractivity contribution in [3.8, 4) is 0 Å². The summed E-state index contributed by atoms with van der Waals surface area (Å²) in [4.78, 5) is 28.0. The number of nitrogens with zero attached hydrogens (tertiary/aromatic N) is 3. The Kier molecular flexibility index (Phi) is 4.47. The highest BCUT2D eigenvalue weighted by Gasteiger charge is 2.14. The van der Waals surface area contributed by atoms with Gasteiger partial charge in [-0.15, -0.1) is 6.58 Å². The third-order valence-electron chi connectivity index (χ3n) is 2.49. The minimum absolute atomic E-state index is 0.128. The Morgan fingerprint density at radius 2 is 2.22 bits per heavy atom. The van der Waals surface area contributed by atoms with E-state index in [1.54, 1.807) is 24.9 Å². The van der Waals surface area contributed by atoms with Crippen molar-refractivity contribution in [2.24, 2.45) is 5.16 Å². The van der Waals surface area contributed by atoms with Crippen LogP contribution in [-0.2, 0) is 6.54 Å². The molecule has 0 aliphatic rings. The zero-order chi connectivity index (χ0) is 13.7. The first-order chi connectivity index (χ1) is 8.56. The van der Waals surface area contributed by atoms with Crippen LogP contribution in [0.2, 0.25) is 0 Å². The van der Waals surface area contributed by atoms with Gasteiger partial charge in [0.05, 0.1) is 6.21 Å². The Morgan fingerprint density at radius 3 is 2.72 bits per heavy atom. The first kappa shape index (κ1) is 13.8. The lowest BCUT2D eigenvalue weighted by Gasteiger charge is -2.18. The topological polar surface area (TPSA) is 90.7 Å². The van der Waals surface area contributed by atoms with Gasteiger partial charge in [0.25, 0.3) is 5.56 Å². The SMILES string of the molecule is C=CCN(C)c1[nH]c(=O)n(CC)c(=O)c1C=NO. The second-order valence-corrected chi connectivity index (χ2v) is 3.66. The van der Waals surface area contributed by atoms with Gasteiger partial charge < -0.3 is 10.1 Å². The fourth-order valence-electron chi connectivity index (χ4n) is 1.62. The monoisotopic (exact) mass is 252 g/mol. The molecule has 7 heteroatoms. The summed E-state index contributed by atoms with van der Waals surface area (Å²) in [7, 11) is 1.69. The zero-order valence-electron chi connectivity index (χ0n) is 10.4. The Balaban J connectivity index is 3.56. The molecule has 1 aromatic heterocycles. The molecule has 0 spiro atoms. The molecule has 1 heterocycles. The number of anilines is 1. The molecule has 98 valence electrons. The van der Waals surface area contributed by atoms with Crippen molar-refractivity contribution < 1.29 is 5.21 Å². The minimum atomic E-state index is -0.497. The quantitative estimate of drug-likeness (QED) is 0.333. The van der Waals surface area contributed by atoms with E-state index in [9.17, 15) is 9.59 Å². The molecule has 0 amide bonds. The number of likely N-dealkylation sites (N-methyl/N-ethyl adjacent to an activating group) is 1. The van der Waals surface area contributed by atoms with Crippen LogP contribution in [0.5, 0.6) is 0 Å². The van der Waals surface area contributed by atoms with E-state index in [0.717, 1.165) is 10.8 Å². The molecule has 1 rings (SSSR count). The molecule has 0 aliphatic heterocycles. The Labute approximate surface area is 104 Å². The maximum absolute atomic E-state index is 12.0. The van der Waals surface area contributed by atoms with E-state index in [1.807, 2.05) is 0 Å². The van der Waals surface area contributed by atoms with Gasteiger partial charge in [-0.05, 0) is 6.92 Å². The molecule has 0 fully saturated rings. The Morgan fingerprint density at radius 1 is 1.56 bits per heavy atom. The average molecular weight is 252 g/mol. The summed E-state index contributed by atoms with van der Waals surface area (Å²) >= 11 is 0. The predicted molar refractivity (Wildman–Crippen MR) is 69.8 cm³/mol. The third kappa shape index (κ3) is 2.50. The van der Waals surface area contributed by atoms with Gasteiger partial charge in [0.2, 0.25) is 0 Å². The van der Waals surface area contributed by atoms with Gasteiger partial charge in [-0.25, -0.2) is 4.79 Å². The van der Waals surface area contributed by atoms with E-state index in [2.05, 4.69) is 16.7 Å². The van der Waals surface area contributed by atoms with Crippen LogP contribution in [0.1, 0.15) is 12.5 Å². The van der Waals surface area contributed by atoms with Crippen molar-refractivity contribution in [3.63, 3.8) is 0 Å². The fourth-order valence-corrected chi connectivity index (χ4v) is 1.62. The highest BCUT2D eigenvalue weighted by Crippen LogP contribution is 2.08. The minimum Gasteiger partial charge on any atom is -0.411 e. The van der Waals surface area contributed by atoms with Crippen molar-refractivity contribution in [2.75, 3.05) is 18.5 Å². The maximum Gasteiger partial charge on any atom is 0.329 e. The van der Waals surface area contributed by atoms with Gasteiger partial charge >= 0.3 is 5.69 Å². The van der Waals surface area contributed by atoms with Crippen LogP contribution in [0.3, 0.4) is 0 Å². The number of oxime groups is 1. The smallest absolute Gasteiger partial charge is 0.329 e. The molecule has 0 bridgehead atoms. The molecule has 0 radical (unpaired) electrons. The van der Waals surface area contributed by atoms with Crippen LogP contribution in [-0.4, -0.2) is 34.6 Å². The second kappa shape index (κ2) is 5.85. The van der Waals surface area contributed by atoms with E-state index in [-0.39, 0.29) is 12.1 Å². The molecule has 7 nitrogen and oxygen atoms in total. The molecule has 18 heavy (non-hydrogen) atoms. The number of aromatic nitrogens is 2. The lowest BCUT2D eigenvalue weighted by atomic mass is 10.3. The number of hydrogen-bond donors (Lipinski definition) is 2. The Hall–Kier alpha value is -2.31. The van der Waals surface area contributed by atoms with Gasteiger partial charge in [0, 0.05) is 20.1 Å². The molecule has 0 unspecified atom stereocenters. The third-order valence-corrected chi connectivity index (χ3v) is 2.49. The largest absolute Gasteiger partial charge is 0.411 e. The fraction of sp³-hybridized carbons (Fsp3) is 0.364. The zero-order valence-corrected chi connectivity index (χ0v) is 10.4. The molecule has 1 aromatic rings. The standard InChI is InChI=1S/C11H16N4O3/c1-4-6-14(3)9-8(7-12-18)10(16)15(5-2)11(17)13-9/h4,7,18H,1,5-6H2,2-3H3,(H,13,17). The summed E-state index contributed by atoms with van der Waals surface area (Å²) in [6.45, 7) is 5.95. The van der Waals surface area contributed by atoms with Crippen molar-refractivity contribution in [1.29, 1.82) is 0 Å². The van der Waals surface area contributed by atoms with Crippen molar-refractivity contribution >= 4 is 12.0 Å². The van der Waals surface area contributed by atoms with E-state index >= 15 is 0 Å². The van der Waals surface area contributed by atoms with Gasteiger partial charge in [-0.3, -0.25) is 14.3 Å². The first-order valence-corrected chi connectivity index (χ1v) is 5.43. The van der Waals surface area contributed by atoms with Crippen LogP contribution in [0.4, 0.5) is 5.82 Å². The van der Waals surface area contributed by atoms with Gasteiger partial charge in [-0.2, -0.15) is 0 Å². The van der Waals surface area contributed by atoms with Crippen LogP contribution in [0, 0.1) is 0 Å². The highest BCUT2D eigenvalue weighted by molar-refractivity contribution is 5.85. The molecule has 0 aromatic carbocycles. The van der Waals surface area contributed by atoms with E-state index in [1.165, 1.54) is 0 Å². The van der Waals surface area contributed by atoms with Crippen molar-refractivity contribution in [2.45, 2.75) is 13.5 Å². The highest BCUT2D eigenvalue weighted by atomic mass is 16.4. The Bertz CT molecular complexity index is 571. The number of aromatic amines is 1. The van der Waals surface area contributed by atoms with Crippen molar-refractivity contribution in [1.82, 2.24) is 9.55 Å². The summed E-state index contributed by atoms with van der Waals surface area (Å²) in [5, 5.41) is 11.5. The van der Waals surface area contributed by atoms with Crippen LogP contribution in [0.25, 0.3) is 0 Å². The maximum atomic E-state index is 12.0. The van der Waals surface area contributed by atoms with Crippen LogP contribution >= 0.6 is 0 Å². The lowest BCUT2D eigenvalue weighted by Crippen LogP contribution is -2.39. The summed E-state index contributed by atoms with van der Waals surface area (Å²) in [6, 6.07) is 0. The van der Waals surface area contributed by atoms with Crippen molar-refractivity contribution in [3.05, 3.63) is 39.1 Å². The summed E-state index contributed by atoms with van der Waals surface area (Å²) < 4.78 is 1.03. The van der Waals surface area contributed by atoms with E-state index in [0.29, 0.717) is 12.4 Å². The molecule has 0 saturated heterocycles. The predicted octanol–water partition coefficient (Wildman–Crippen LogP) is -0.0132. The number of nitrogens with one attached hydrogen (secondary N) is 1. The van der Waals surface area contributed by atoms with Gasteiger partial charge in [0.15, 0.2) is 0 Å². The molecule has 0 atom stereocenters. The average Bonchev–Trinajstić information content (AvgIpc) is 2.33. The summed E-state index contributed by atoms with van der Waals surface area (Å²) in [5.74, 6) is 0.299. The summed E-state index contributed by atoms with van der Waals surface area (Å²) in [6.07, 6.45) is 2.64. The van der Waals surface area contributed by atoms with E-state index in [4.69, 9.17) is 5.21 Å². The number of hydrogen-bond acceptors (Lipinski definition) is 5. The second-order valence-electron chi connectivity index (χ2n) is 3.66. The molecule has 0 aliphatic carbocycles. The first-order valence-electron chi connectivity index (χ1n) is 5.43. The molecular formula is C11H16N4O3. The van der Waals surface area contributed by atoms with Crippen LogP contribution in [0.15, 0.2) is 27.4 Å². The summed E-state index contributed by atoms with van der Waals surface area (Å²) in [5.41, 5.74) is -0.864. The molecule has 2 N–H and O–H groups in total. The molecular weight excluding hydrogens is 236 g/mol. The normalized spacial score (nSPS) is 10.8. The number of H-pyrrole nitrogens is 1. The molecule has 0 saturated carbocycles. The van der Waals surface area contributed by atoms with E-state index < -0.39 is 11.2 Å². The number of rotatable bonds is 5. The van der Waals surface area contributed by atoms with Gasteiger partial charge in [0.1, 0.15) is 11.4 Å². The van der Waals surface area contributed by atoms with Gasteiger partial charge in [-0.1, -0.05) is 11.2 Å². The lowest BCUT2D eigenvalue weighted by molar-refractivity contribution is 0.321.